The molecule has 1 saturated heterocycles. The van der Waals surface area contributed by atoms with E-state index in [1.165, 1.54) is 18.2 Å². The average molecular weight is 288 g/mol. The van der Waals surface area contributed by atoms with Crippen molar-refractivity contribution in [3.63, 3.8) is 0 Å². The van der Waals surface area contributed by atoms with Gasteiger partial charge in [0.1, 0.15) is 5.82 Å². The quantitative estimate of drug-likeness (QED) is 0.833. The van der Waals surface area contributed by atoms with Crippen LogP contribution in [0.1, 0.15) is 12.0 Å². The van der Waals surface area contributed by atoms with E-state index in [-0.39, 0.29) is 17.5 Å². The van der Waals surface area contributed by atoms with Crippen LogP contribution < -0.4 is 10.0 Å². The summed E-state index contributed by atoms with van der Waals surface area (Å²) < 4.78 is 45.5. The van der Waals surface area contributed by atoms with E-state index in [2.05, 4.69) is 10.0 Å². The summed E-state index contributed by atoms with van der Waals surface area (Å²) in [5.41, 5.74) is 0.327. The summed E-state index contributed by atoms with van der Waals surface area (Å²) in [6.45, 7) is 1.22. The fourth-order valence-corrected chi connectivity index (χ4v) is 3.26. The lowest BCUT2D eigenvalue weighted by Crippen LogP contribution is -2.35. The van der Waals surface area contributed by atoms with Gasteiger partial charge in [0.25, 0.3) is 0 Å². The van der Waals surface area contributed by atoms with Gasteiger partial charge in [0.2, 0.25) is 10.0 Å². The van der Waals surface area contributed by atoms with Gasteiger partial charge in [-0.05, 0) is 31.7 Å². The number of benzene rings is 1. The summed E-state index contributed by atoms with van der Waals surface area (Å²) >= 11 is 0. The summed E-state index contributed by atoms with van der Waals surface area (Å²) in [7, 11) is -1.95. The van der Waals surface area contributed by atoms with Crippen LogP contribution in [-0.4, -0.2) is 34.7 Å². The summed E-state index contributed by atoms with van der Waals surface area (Å²) in [6, 6.07) is 3.59. The third-order valence-electron chi connectivity index (χ3n) is 2.95. The molecule has 1 unspecified atom stereocenters. The molecule has 2 N–H and O–H groups in total. The normalized spacial score (nSPS) is 19.8. The first-order chi connectivity index (χ1) is 9.03. The Morgan fingerprint density at radius 1 is 1.47 bits per heavy atom. The lowest BCUT2D eigenvalue weighted by molar-refractivity contribution is 0.192. The van der Waals surface area contributed by atoms with Gasteiger partial charge in [-0.3, -0.25) is 0 Å². The second-order valence-electron chi connectivity index (χ2n) is 4.47. The van der Waals surface area contributed by atoms with Crippen LogP contribution >= 0.6 is 0 Å². The minimum absolute atomic E-state index is 0.0750. The van der Waals surface area contributed by atoms with Gasteiger partial charge in [-0.1, -0.05) is 0 Å². The molecule has 1 heterocycles. The molecule has 1 aromatic carbocycles. The highest BCUT2D eigenvalue weighted by atomic mass is 32.2. The molecular weight excluding hydrogens is 271 g/mol. The monoisotopic (exact) mass is 288 g/mol. The van der Waals surface area contributed by atoms with E-state index in [9.17, 15) is 12.8 Å². The molecule has 0 aliphatic carbocycles. The van der Waals surface area contributed by atoms with Gasteiger partial charge in [0.05, 0.1) is 11.5 Å². The van der Waals surface area contributed by atoms with E-state index in [0.717, 1.165) is 0 Å². The first kappa shape index (κ1) is 14.4. The van der Waals surface area contributed by atoms with E-state index in [1.54, 1.807) is 7.05 Å². The van der Waals surface area contributed by atoms with Crippen LogP contribution in [0.15, 0.2) is 23.1 Å². The van der Waals surface area contributed by atoms with Crippen molar-refractivity contribution in [2.24, 2.45) is 0 Å². The van der Waals surface area contributed by atoms with Crippen molar-refractivity contribution in [3.05, 3.63) is 29.6 Å². The molecule has 1 fully saturated rings. The molecule has 1 aromatic rings. The molecule has 0 aromatic heterocycles. The highest BCUT2D eigenvalue weighted by molar-refractivity contribution is 7.89. The zero-order valence-corrected chi connectivity index (χ0v) is 11.5. The molecule has 0 saturated carbocycles. The van der Waals surface area contributed by atoms with Crippen LogP contribution in [0.5, 0.6) is 0 Å². The van der Waals surface area contributed by atoms with Crippen LogP contribution in [0.25, 0.3) is 0 Å². The molecule has 1 aliphatic rings. The van der Waals surface area contributed by atoms with Gasteiger partial charge in [-0.25, -0.2) is 17.5 Å². The molecule has 0 amide bonds. The minimum atomic E-state index is -3.63. The molecular formula is C12H17FN2O3S. The lowest BCUT2D eigenvalue weighted by atomic mass is 10.2. The van der Waals surface area contributed by atoms with Gasteiger partial charge in [0, 0.05) is 24.8 Å². The number of ether oxygens (including phenoxy) is 1. The van der Waals surface area contributed by atoms with E-state index in [1.807, 2.05) is 0 Å². The van der Waals surface area contributed by atoms with Crippen LogP contribution in [0.2, 0.25) is 0 Å². The van der Waals surface area contributed by atoms with Crippen molar-refractivity contribution < 1.29 is 17.5 Å². The zero-order valence-electron chi connectivity index (χ0n) is 10.6. The van der Waals surface area contributed by atoms with Gasteiger partial charge in [0.15, 0.2) is 0 Å². The first-order valence-electron chi connectivity index (χ1n) is 6.06. The summed E-state index contributed by atoms with van der Waals surface area (Å²) in [6.07, 6.45) is 0.657. The highest BCUT2D eigenvalue weighted by Gasteiger charge is 2.24. The fraction of sp³-hybridized carbons (Fsp3) is 0.500. The van der Waals surface area contributed by atoms with Gasteiger partial charge in [-0.15, -0.1) is 0 Å². The van der Waals surface area contributed by atoms with Crippen molar-refractivity contribution in [1.29, 1.82) is 0 Å². The van der Waals surface area contributed by atoms with Crippen LogP contribution in [0, 0.1) is 5.82 Å². The maximum atomic E-state index is 13.5. The van der Waals surface area contributed by atoms with E-state index < -0.39 is 15.8 Å². The molecule has 0 radical (unpaired) electrons. The third kappa shape index (κ3) is 3.50. The predicted octanol–water partition coefficient (Wildman–Crippen LogP) is 0.612. The molecule has 7 heteroatoms. The van der Waals surface area contributed by atoms with E-state index in [0.29, 0.717) is 25.2 Å². The van der Waals surface area contributed by atoms with Crippen LogP contribution in [0.4, 0.5) is 4.39 Å². The topological polar surface area (TPSA) is 67.4 Å². The Morgan fingerprint density at radius 3 is 2.89 bits per heavy atom. The Bertz CT molecular complexity index is 542. The Hall–Kier alpha value is -1.02. The van der Waals surface area contributed by atoms with E-state index >= 15 is 0 Å². The SMILES string of the molecule is CNCc1cc(S(=O)(=O)NC2CCOC2)ccc1F. The number of nitrogens with one attached hydrogen (secondary N) is 2. The Kier molecular flexibility index (Phi) is 4.51. The smallest absolute Gasteiger partial charge is 0.240 e. The molecule has 2 rings (SSSR count). The van der Waals surface area contributed by atoms with Gasteiger partial charge < -0.3 is 10.1 Å². The maximum absolute atomic E-state index is 13.5. The number of rotatable bonds is 5. The van der Waals surface area contributed by atoms with Crippen LogP contribution in [-0.2, 0) is 21.3 Å². The highest BCUT2D eigenvalue weighted by Crippen LogP contribution is 2.16. The molecule has 0 spiro atoms. The lowest BCUT2D eigenvalue weighted by Gasteiger charge is -2.12. The summed E-state index contributed by atoms with van der Waals surface area (Å²) in [4.78, 5) is 0.0750. The van der Waals surface area contributed by atoms with Crippen molar-refractivity contribution in [1.82, 2.24) is 10.0 Å². The number of sulfonamides is 1. The molecule has 1 aliphatic heterocycles. The van der Waals surface area contributed by atoms with Crippen LogP contribution in [0.3, 0.4) is 0 Å². The van der Waals surface area contributed by atoms with Crippen molar-refractivity contribution in [2.75, 3.05) is 20.3 Å². The third-order valence-corrected chi connectivity index (χ3v) is 4.46. The molecule has 106 valence electrons. The maximum Gasteiger partial charge on any atom is 0.240 e. The molecule has 5 nitrogen and oxygen atoms in total. The predicted molar refractivity (Wildman–Crippen MR) is 68.7 cm³/mol. The van der Waals surface area contributed by atoms with Crippen molar-refractivity contribution >= 4 is 10.0 Å². The Morgan fingerprint density at radius 2 is 2.26 bits per heavy atom. The second kappa shape index (κ2) is 5.96. The Balaban J connectivity index is 2.21. The second-order valence-corrected chi connectivity index (χ2v) is 6.18. The number of hydrogen-bond donors (Lipinski definition) is 2. The molecule has 19 heavy (non-hydrogen) atoms. The first-order valence-corrected chi connectivity index (χ1v) is 7.54. The van der Waals surface area contributed by atoms with Gasteiger partial charge in [-0.2, -0.15) is 0 Å². The van der Waals surface area contributed by atoms with Gasteiger partial charge >= 0.3 is 0 Å². The zero-order chi connectivity index (χ0) is 13.9. The van der Waals surface area contributed by atoms with Crippen molar-refractivity contribution in [3.8, 4) is 0 Å². The number of hydrogen-bond acceptors (Lipinski definition) is 4. The Labute approximate surface area is 112 Å². The summed E-state index contributed by atoms with van der Waals surface area (Å²) in [5, 5.41) is 2.80. The molecule has 0 bridgehead atoms. The molecule has 1 atom stereocenters. The number of halogens is 1. The minimum Gasteiger partial charge on any atom is -0.380 e. The summed E-state index contributed by atoms with van der Waals surface area (Å²) in [5.74, 6) is -0.419. The van der Waals surface area contributed by atoms with Crippen molar-refractivity contribution in [2.45, 2.75) is 23.9 Å². The standard InChI is InChI=1S/C12H17FN2O3S/c1-14-7-9-6-11(2-3-12(9)13)19(16,17)15-10-4-5-18-8-10/h2-3,6,10,14-15H,4-5,7-8H2,1H3. The fourth-order valence-electron chi connectivity index (χ4n) is 1.96. The average Bonchev–Trinajstić information content (AvgIpc) is 2.84. The largest absolute Gasteiger partial charge is 0.380 e. The van der Waals surface area contributed by atoms with E-state index in [4.69, 9.17) is 4.74 Å².